The normalized spacial score (nSPS) is 11.2. The van der Waals surface area contributed by atoms with E-state index in [2.05, 4.69) is 26.7 Å². The minimum atomic E-state index is 0. The van der Waals surface area contributed by atoms with Crippen LogP contribution in [0.25, 0.3) is 0 Å². The van der Waals surface area contributed by atoms with Crippen LogP contribution in [0.5, 0.6) is 0 Å². The number of terminal acetylenes is 1. The zero-order valence-corrected chi connectivity index (χ0v) is 22.0. The van der Waals surface area contributed by atoms with Crippen LogP contribution in [0.4, 0.5) is 0 Å². The maximum atomic E-state index is 5.86. The first-order valence-corrected chi connectivity index (χ1v) is 13.0. The van der Waals surface area contributed by atoms with Crippen LogP contribution in [0.3, 0.4) is 0 Å². The topological polar surface area (TPSA) is 0 Å². The van der Waals surface area contributed by atoms with Crippen LogP contribution in [-0.2, 0) is 0 Å². The van der Waals surface area contributed by atoms with Crippen molar-refractivity contribution in [1.29, 1.82) is 0 Å². The van der Waals surface area contributed by atoms with Crippen LogP contribution < -0.4 is 17.0 Å². The predicted molar refractivity (Wildman–Crippen MR) is 129 cm³/mol. The smallest absolute Gasteiger partial charge is 0.140 e. The fourth-order valence-electron chi connectivity index (χ4n) is 4.45. The maximum Gasteiger partial charge on any atom is 0.140 e. The van der Waals surface area contributed by atoms with Gasteiger partial charge in [0.1, 0.15) is 6.54 Å². The molecule has 0 heterocycles. The summed E-state index contributed by atoms with van der Waals surface area (Å²) in [4.78, 5) is 0. The molecule has 0 spiro atoms. The van der Waals surface area contributed by atoms with Crippen molar-refractivity contribution >= 4 is 0 Å². The van der Waals surface area contributed by atoms with Gasteiger partial charge in [-0.15, -0.1) is 6.42 Å². The highest BCUT2D eigenvalue weighted by Gasteiger charge is 2.25. The molecule has 2 heteroatoms. The molecule has 0 rings (SSSR count). The van der Waals surface area contributed by atoms with Gasteiger partial charge >= 0.3 is 0 Å². The zero-order chi connectivity index (χ0) is 20.8. The average molecular weight is 473 g/mol. The second-order valence-electron chi connectivity index (χ2n) is 9.18. The fourth-order valence-corrected chi connectivity index (χ4v) is 4.45. The Labute approximate surface area is 196 Å². The van der Waals surface area contributed by atoms with E-state index in [0.717, 1.165) is 6.54 Å². The van der Waals surface area contributed by atoms with Gasteiger partial charge in [0.25, 0.3) is 0 Å². The molecule has 174 valence electrons. The van der Waals surface area contributed by atoms with Crippen molar-refractivity contribution in [2.24, 2.45) is 0 Å². The molecule has 0 aromatic rings. The number of halogens is 1. The highest BCUT2D eigenvalue weighted by Crippen LogP contribution is 2.18. The Morgan fingerprint density at radius 3 is 1.03 bits per heavy atom. The zero-order valence-electron chi connectivity index (χ0n) is 20.5. The predicted octanol–water partition coefficient (Wildman–Crippen LogP) is 5.52. The summed E-state index contributed by atoms with van der Waals surface area (Å²) < 4.78 is 1.21. The van der Waals surface area contributed by atoms with E-state index in [1.807, 2.05) is 0 Å². The van der Waals surface area contributed by atoms with Crippen LogP contribution >= 0.6 is 0 Å². The number of quaternary nitrogens is 1. The van der Waals surface area contributed by atoms with Crippen LogP contribution in [-0.4, -0.2) is 30.7 Å². The Bertz CT molecular complexity index is 306. The average Bonchev–Trinajstić information content (AvgIpc) is 2.70. The third-order valence-corrected chi connectivity index (χ3v) is 6.38. The minimum Gasteiger partial charge on any atom is -1.00 e. The molecule has 1 nitrogen and oxygen atoms in total. The van der Waals surface area contributed by atoms with Crippen LogP contribution in [0.1, 0.15) is 136 Å². The van der Waals surface area contributed by atoms with Gasteiger partial charge in [-0.05, 0) is 44.4 Å². The summed E-state index contributed by atoms with van der Waals surface area (Å²) >= 11 is 0. The van der Waals surface area contributed by atoms with E-state index in [-0.39, 0.29) is 17.0 Å². The lowest BCUT2D eigenvalue weighted by Gasteiger charge is -2.38. The summed E-state index contributed by atoms with van der Waals surface area (Å²) in [5.41, 5.74) is 0. The Hall–Kier alpha value is 0. The number of nitrogens with zero attached hydrogens (tertiary/aromatic N) is 1. The molecule has 0 atom stereocenters. The quantitative estimate of drug-likeness (QED) is 0.111. The van der Waals surface area contributed by atoms with Gasteiger partial charge in [0.2, 0.25) is 0 Å². The highest BCUT2D eigenvalue weighted by atomic mass is 79.9. The summed E-state index contributed by atoms with van der Waals surface area (Å²) in [6.07, 6.45) is 30.9. The minimum absolute atomic E-state index is 0. The van der Waals surface area contributed by atoms with Gasteiger partial charge in [0.15, 0.2) is 0 Å². The molecule has 0 unspecified atom stereocenters. The van der Waals surface area contributed by atoms with Crippen molar-refractivity contribution in [2.75, 3.05) is 26.2 Å². The Morgan fingerprint density at radius 2 is 0.759 bits per heavy atom. The molecule has 0 radical (unpaired) electrons. The van der Waals surface area contributed by atoms with Crippen molar-refractivity contribution in [2.45, 2.75) is 136 Å². The molecule has 0 saturated heterocycles. The van der Waals surface area contributed by atoms with Gasteiger partial charge in [0.05, 0.1) is 19.6 Å². The second-order valence-corrected chi connectivity index (χ2v) is 9.18. The number of unbranched alkanes of at least 4 members (excludes halogenated alkanes) is 15. The molecule has 0 aromatic heterocycles. The van der Waals surface area contributed by atoms with Gasteiger partial charge in [-0.3, -0.25) is 0 Å². The van der Waals surface area contributed by atoms with Gasteiger partial charge < -0.3 is 21.5 Å². The van der Waals surface area contributed by atoms with E-state index in [4.69, 9.17) is 6.42 Å². The monoisotopic (exact) mass is 471 g/mol. The van der Waals surface area contributed by atoms with Crippen LogP contribution in [0, 0.1) is 12.3 Å². The van der Waals surface area contributed by atoms with Crippen molar-refractivity contribution in [1.82, 2.24) is 0 Å². The third kappa shape index (κ3) is 19.7. The summed E-state index contributed by atoms with van der Waals surface area (Å²) in [6.45, 7) is 11.8. The molecule has 0 N–H and O–H groups in total. The van der Waals surface area contributed by atoms with E-state index < -0.39 is 0 Å². The van der Waals surface area contributed by atoms with Gasteiger partial charge in [-0.2, -0.15) is 0 Å². The summed E-state index contributed by atoms with van der Waals surface area (Å²) in [7, 11) is 0. The molecule has 0 aromatic carbocycles. The van der Waals surface area contributed by atoms with E-state index in [1.54, 1.807) is 0 Å². The highest BCUT2D eigenvalue weighted by molar-refractivity contribution is 4.84. The number of rotatable bonds is 22. The van der Waals surface area contributed by atoms with E-state index >= 15 is 0 Å². The molecular weight excluding hydrogens is 418 g/mol. The Balaban J connectivity index is 0. The lowest BCUT2D eigenvalue weighted by Crippen LogP contribution is -3.00. The van der Waals surface area contributed by atoms with E-state index in [1.165, 1.54) is 140 Å². The van der Waals surface area contributed by atoms with Crippen molar-refractivity contribution in [3.8, 4) is 12.3 Å². The summed E-state index contributed by atoms with van der Waals surface area (Å²) in [5, 5.41) is 0. The first-order valence-electron chi connectivity index (χ1n) is 13.0. The Kier molecular flexibility index (Phi) is 26.1. The maximum absolute atomic E-state index is 5.86. The second kappa shape index (κ2) is 24.3. The van der Waals surface area contributed by atoms with E-state index in [9.17, 15) is 0 Å². The largest absolute Gasteiger partial charge is 1.00 e. The Morgan fingerprint density at radius 1 is 0.483 bits per heavy atom. The molecule has 0 aliphatic carbocycles. The lowest BCUT2D eigenvalue weighted by atomic mass is 10.1. The molecule has 0 saturated carbocycles. The van der Waals surface area contributed by atoms with E-state index in [0.29, 0.717) is 0 Å². The van der Waals surface area contributed by atoms with Crippen LogP contribution in [0.2, 0.25) is 0 Å². The van der Waals surface area contributed by atoms with Gasteiger partial charge in [-0.1, -0.05) is 97.8 Å². The standard InChI is InChI=1S/C27H54N.BrH/c1-5-9-12-15-18-21-25-28(24-8-4,26-22-19-16-13-10-6-2)27-23-20-17-14-11-7-3;/h4H,5-7,9-27H2,1-3H3;1H/q+1;/p-1. The fraction of sp³-hybridized carbons (Fsp3) is 0.926. The summed E-state index contributed by atoms with van der Waals surface area (Å²) in [6, 6.07) is 0. The molecule has 0 fully saturated rings. The van der Waals surface area contributed by atoms with Crippen LogP contribution in [0.15, 0.2) is 0 Å². The molecule has 0 aliphatic heterocycles. The molecular formula is C27H54BrN. The lowest BCUT2D eigenvalue weighted by molar-refractivity contribution is -0.922. The van der Waals surface area contributed by atoms with Gasteiger partial charge in [-0.25, -0.2) is 0 Å². The SMILES string of the molecule is C#CC[N+](CCCCCCCC)(CCCCCCCC)CCCCCCCC.[Br-]. The van der Waals surface area contributed by atoms with Gasteiger partial charge in [0, 0.05) is 0 Å². The summed E-state index contributed by atoms with van der Waals surface area (Å²) in [5.74, 6) is 3.06. The number of hydrogen-bond donors (Lipinski definition) is 0. The van der Waals surface area contributed by atoms with Crippen molar-refractivity contribution in [3.63, 3.8) is 0 Å². The molecule has 0 aliphatic rings. The molecule has 29 heavy (non-hydrogen) atoms. The molecule has 0 amide bonds. The first kappa shape index (κ1) is 31.2. The third-order valence-electron chi connectivity index (χ3n) is 6.38. The van der Waals surface area contributed by atoms with Crippen molar-refractivity contribution < 1.29 is 21.5 Å². The first-order chi connectivity index (χ1) is 13.7. The molecule has 0 bridgehead atoms. The number of hydrogen-bond acceptors (Lipinski definition) is 0. The van der Waals surface area contributed by atoms with Crippen molar-refractivity contribution in [3.05, 3.63) is 0 Å².